The molecule has 126 valence electrons. The van der Waals surface area contributed by atoms with Crippen LogP contribution in [-0.2, 0) is 0 Å². The van der Waals surface area contributed by atoms with Gasteiger partial charge >= 0.3 is 0 Å². The standard InChI is InChI=1S/C19H18Cl2FNO/c20-15-6-9-17(18(21)11-15)19(24)23-10-2-1-3-14(12-23)13-4-7-16(22)8-5-13/h4-9,11,14H,1-3,10,12H2. The molecule has 5 heteroatoms. The molecule has 3 rings (SSSR count). The van der Waals surface area contributed by atoms with Gasteiger partial charge in [-0.2, -0.15) is 0 Å². The van der Waals surface area contributed by atoms with Gasteiger partial charge in [-0.15, -0.1) is 0 Å². The molecule has 0 N–H and O–H groups in total. The Hall–Kier alpha value is -1.58. The van der Waals surface area contributed by atoms with Crippen molar-refractivity contribution in [3.8, 4) is 0 Å². The van der Waals surface area contributed by atoms with E-state index >= 15 is 0 Å². The van der Waals surface area contributed by atoms with E-state index in [0.717, 1.165) is 24.8 Å². The fourth-order valence-corrected chi connectivity index (χ4v) is 3.66. The van der Waals surface area contributed by atoms with Crippen molar-refractivity contribution in [3.63, 3.8) is 0 Å². The van der Waals surface area contributed by atoms with E-state index < -0.39 is 0 Å². The number of hydrogen-bond donors (Lipinski definition) is 0. The van der Waals surface area contributed by atoms with Crippen LogP contribution >= 0.6 is 23.2 Å². The van der Waals surface area contributed by atoms with Crippen molar-refractivity contribution in [1.82, 2.24) is 4.90 Å². The van der Waals surface area contributed by atoms with Gasteiger partial charge in [-0.25, -0.2) is 4.39 Å². The van der Waals surface area contributed by atoms with Crippen LogP contribution in [0.5, 0.6) is 0 Å². The third kappa shape index (κ3) is 3.90. The summed E-state index contributed by atoms with van der Waals surface area (Å²) < 4.78 is 13.1. The molecule has 0 saturated carbocycles. The van der Waals surface area contributed by atoms with E-state index in [1.165, 1.54) is 12.1 Å². The second-order valence-corrected chi connectivity index (χ2v) is 6.96. The Morgan fingerprint density at radius 1 is 1.08 bits per heavy atom. The van der Waals surface area contributed by atoms with Gasteiger partial charge in [-0.1, -0.05) is 41.8 Å². The number of halogens is 3. The molecule has 0 bridgehead atoms. The highest BCUT2D eigenvalue weighted by atomic mass is 35.5. The topological polar surface area (TPSA) is 20.3 Å². The summed E-state index contributed by atoms with van der Waals surface area (Å²) in [6, 6.07) is 11.5. The van der Waals surface area contributed by atoms with E-state index in [9.17, 15) is 9.18 Å². The van der Waals surface area contributed by atoms with Gasteiger partial charge in [0.1, 0.15) is 5.82 Å². The molecule has 1 aliphatic heterocycles. The molecule has 2 aromatic carbocycles. The maximum atomic E-state index is 13.1. The Morgan fingerprint density at radius 2 is 1.83 bits per heavy atom. The summed E-state index contributed by atoms with van der Waals surface area (Å²) >= 11 is 12.1. The average molecular weight is 366 g/mol. The van der Waals surface area contributed by atoms with E-state index in [1.807, 2.05) is 17.0 Å². The molecule has 1 unspecified atom stereocenters. The predicted molar refractivity (Wildman–Crippen MR) is 95.4 cm³/mol. The molecule has 0 spiro atoms. The van der Waals surface area contributed by atoms with Gasteiger partial charge in [-0.05, 0) is 48.7 Å². The zero-order valence-corrected chi connectivity index (χ0v) is 14.7. The molecule has 1 heterocycles. The summed E-state index contributed by atoms with van der Waals surface area (Å²) in [5.74, 6) is -0.109. The third-order valence-corrected chi connectivity index (χ3v) is 5.01. The lowest BCUT2D eigenvalue weighted by atomic mass is 9.94. The molecule has 0 aliphatic carbocycles. The van der Waals surface area contributed by atoms with Gasteiger partial charge in [0.05, 0.1) is 10.6 Å². The molecule has 24 heavy (non-hydrogen) atoms. The zero-order valence-electron chi connectivity index (χ0n) is 13.1. The Balaban J connectivity index is 1.81. The fourth-order valence-electron chi connectivity index (χ4n) is 3.17. The molecule has 1 aliphatic rings. The van der Waals surface area contributed by atoms with Gasteiger partial charge in [0.15, 0.2) is 0 Å². The van der Waals surface area contributed by atoms with Gasteiger partial charge in [0, 0.05) is 24.0 Å². The summed E-state index contributed by atoms with van der Waals surface area (Å²) in [7, 11) is 0. The van der Waals surface area contributed by atoms with Crippen LogP contribution < -0.4 is 0 Å². The minimum Gasteiger partial charge on any atom is -0.338 e. The van der Waals surface area contributed by atoms with E-state index in [0.29, 0.717) is 28.7 Å². The van der Waals surface area contributed by atoms with Crippen LogP contribution in [0.4, 0.5) is 4.39 Å². The number of benzene rings is 2. The molecule has 1 fully saturated rings. The van der Waals surface area contributed by atoms with Gasteiger partial charge in [0.2, 0.25) is 0 Å². The molecular weight excluding hydrogens is 348 g/mol. The van der Waals surface area contributed by atoms with E-state index in [-0.39, 0.29) is 17.6 Å². The Bertz CT molecular complexity index is 733. The summed E-state index contributed by atoms with van der Waals surface area (Å²) in [6.45, 7) is 1.32. The van der Waals surface area contributed by atoms with E-state index in [4.69, 9.17) is 23.2 Å². The van der Waals surface area contributed by atoms with Crippen molar-refractivity contribution in [1.29, 1.82) is 0 Å². The van der Waals surface area contributed by atoms with Crippen molar-refractivity contribution >= 4 is 29.1 Å². The molecule has 1 saturated heterocycles. The Kier molecular flexibility index (Phi) is 5.42. The number of hydrogen-bond acceptors (Lipinski definition) is 1. The normalized spacial score (nSPS) is 18.3. The van der Waals surface area contributed by atoms with Crippen LogP contribution in [0.15, 0.2) is 42.5 Å². The maximum absolute atomic E-state index is 13.1. The van der Waals surface area contributed by atoms with Crippen LogP contribution in [-0.4, -0.2) is 23.9 Å². The lowest BCUT2D eigenvalue weighted by Gasteiger charge is -2.25. The largest absolute Gasteiger partial charge is 0.338 e. The van der Waals surface area contributed by atoms with E-state index in [2.05, 4.69) is 0 Å². The maximum Gasteiger partial charge on any atom is 0.255 e. The molecule has 2 nitrogen and oxygen atoms in total. The van der Waals surface area contributed by atoms with Crippen molar-refractivity contribution in [3.05, 3.63) is 69.5 Å². The lowest BCUT2D eigenvalue weighted by Crippen LogP contribution is -2.34. The molecule has 1 amide bonds. The smallest absolute Gasteiger partial charge is 0.255 e. The highest BCUT2D eigenvalue weighted by Crippen LogP contribution is 2.29. The second-order valence-electron chi connectivity index (χ2n) is 6.12. The van der Waals surface area contributed by atoms with Crippen LogP contribution in [0.3, 0.4) is 0 Å². The molecule has 2 aromatic rings. The summed E-state index contributed by atoms with van der Waals surface area (Å²) in [6.07, 6.45) is 2.98. The van der Waals surface area contributed by atoms with Crippen LogP contribution in [0.1, 0.15) is 41.1 Å². The third-order valence-electron chi connectivity index (χ3n) is 4.46. The quantitative estimate of drug-likeness (QED) is 0.683. The minimum absolute atomic E-state index is 0.0781. The number of nitrogens with zero attached hydrogens (tertiary/aromatic N) is 1. The molecule has 1 atom stereocenters. The number of amides is 1. The number of rotatable bonds is 2. The monoisotopic (exact) mass is 365 g/mol. The number of carbonyl (C=O) groups is 1. The van der Waals surface area contributed by atoms with Crippen molar-refractivity contribution in [2.24, 2.45) is 0 Å². The van der Waals surface area contributed by atoms with Gasteiger partial charge < -0.3 is 4.90 Å². The van der Waals surface area contributed by atoms with Crippen molar-refractivity contribution < 1.29 is 9.18 Å². The first-order valence-corrected chi connectivity index (χ1v) is 8.80. The van der Waals surface area contributed by atoms with Crippen molar-refractivity contribution in [2.75, 3.05) is 13.1 Å². The van der Waals surface area contributed by atoms with Crippen molar-refractivity contribution in [2.45, 2.75) is 25.2 Å². The van der Waals surface area contributed by atoms with Crippen LogP contribution in [0, 0.1) is 5.82 Å². The first-order valence-electron chi connectivity index (χ1n) is 8.04. The first kappa shape index (κ1) is 17.2. The predicted octanol–water partition coefficient (Wildman–Crippen LogP) is 5.54. The lowest BCUT2D eigenvalue weighted by molar-refractivity contribution is 0.0754. The van der Waals surface area contributed by atoms with E-state index in [1.54, 1.807) is 18.2 Å². The van der Waals surface area contributed by atoms with Crippen LogP contribution in [0.2, 0.25) is 10.0 Å². The fraction of sp³-hybridized carbons (Fsp3) is 0.316. The SMILES string of the molecule is O=C(c1ccc(Cl)cc1Cl)N1CCCCC(c2ccc(F)cc2)C1. The first-order chi connectivity index (χ1) is 11.5. The number of likely N-dealkylation sites (tertiary alicyclic amines) is 1. The molecule has 0 aromatic heterocycles. The summed E-state index contributed by atoms with van der Waals surface area (Å²) in [4.78, 5) is 14.7. The summed E-state index contributed by atoms with van der Waals surface area (Å²) in [5.41, 5.74) is 1.54. The average Bonchev–Trinajstić information content (AvgIpc) is 2.81. The Morgan fingerprint density at radius 3 is 2.54 bits per heavy atom. The Labute approximate surface area is 151 Å². The highest BCUT2D eigenvalue weighted by molar-refractivity contribution is 6.36. The summed E-state index contributed by atoms with van der Waals surface area (Å²) in [5, 5.41) is 0.881. The molecular formula is C19H18Cl2FNO. The van der Waals surface area contributed by atoms with Gasteiger partial charge in [0.25, 0.3) is 5.91 Å². The second kappa shape index (κ2) is 7.54. The van der Waals surface area contributed by atoms with Gasteiger partial charge in [-0.3, -0.25) is 4.79 Å². The zero-order chi connectivity index (χ0) is 17.1. The van der Waals surface area contributed by atoms with Crippen LogP contribution in [0.25, 0.3) is 0 Å². The number of carbonyl (C=O) groups excluding carboxylic acids is 1. The minimum atomic E-state index is -0.242. The highest BCUT2D eigenvalue weighted by Gasteiger charge is 2.25. The molecule has 0 radical (unpaired) electrons.